The Morgan fingerprint density at radius 2 is 2.33 bits per heavy atom. The van der Waals surface area contributed by atoms with E-state index in [0.717, 1.165) is 6.54 Å². The molecule has 1 aliphatic rings. The van der Waals surface area contributed by atoms with Gasteiger partial charge in [0.05, 0.1) is 6.10 Å². The average molecular weight is 214 g/mol. The van der Waals surface area contributed by atoms with Crippen LogP contribution in [0.5, 0.6) is 0 Å². The van der Waals surface area contributed by atoms with E-state index < -0.39 is 0 Å². The fourth-order valence-electron chi connectivity index (χ4n) is 2.17. The van der Waals surface area contributed by atoms with Gasteiger partial charge in [-0.3, -0.25) is 0 Å². The summed E-state index contributed by atoms with van der Waals surface area (Å²) in [7, 11) is 3.86. The highest BCUT2D eigenvalue weighted by atomic mass is 16.5. The summed E-state index contributed by atoms with van der Waals surface area (Å²) in [5.74, 6) is 0. The zero-order valence-corrected chi connectivity index (χ0v) is 10.5. The van der Waals surface area contributed by atoms with Crippen LogP contribution in [0.15, 0.2) is 0 Å². The van der Waals surface area contributed by atoms with Gasteiger partial charge in [-0.1, -0.05) is 0 Å². The van der Waals surface area contributed by atoms with E-state index in [4.69, 9.17) is 4.74 Å². The third kappa shape index (κ3) is 4.96. The van der Waals surface area contributed by atoms with E-state index in [0.29, 0.717) is 12.1 Å². The Hall–Kier alpha value is -0.120. The van der Waals surface area contributed by atoms with Crippen molar-refractivity contribution in [1.82, 2.24) is 10.2 Å². The minimum Gasteiger partial charge on any atom is -0.380 e. The zero-order chi connectivity index (χ0) is 11.1. The van der Waals surface area contributed by atoms with E-state index in [1.54, 1.807) is 0 Å². The molecule has 2 unspecified atom stereocenters. The van der Waals surface area contributed by atoms with Crippen molar-refractivity contribution in [3.63, 3.8) is 0 Å². The van der Waals surface area contributed by atoms with Crippen LogP contribution in [0.3, 0.4) is 0 Å². The first-order valence-corrected chi connectivity index (χ1v) is 6.18. The molecule has 0 amide bonds. The van der Waals surface area contributed by atoms with Gasteiger partial charge >= 0.3 is 0 Å². The van der Waals surface area contributed by atoms with E-state index >= 15 is 0 Å². The van der Waals surface area contributed by atoms with E-state index in [9.17, 15) is 0 Å². The first-order valence-electron chi connectivity index (χ1n) is 6.18. The quantitative estimate of drug-likeness (QED) is 0.725. The molecule has 1 N–H and O–H groups in total. The molecule has 0 aromatic rings. The van der Waals surface area contributed by atoms with Gasteiger partial charge in [0.15, 0.2) is 0 Å². The van der Waals surface area contributed by atoms with Crippen LogP contribution < -0.4 is 5.32 Å². The van der Waals surface area contributed by atoms with Gasteiger partial charge in [-0.15, -0.1) is 0 Å². The minimum atomic E-state index is 0.473. The summed E-state index contributed by atoms with van der Waals surface area (Å²) >= 11 is 0. The molecule has 1 fully saturated rings. The predicted octanol–water partition coefficient (Wildman–Crippen LogP) is 1.49. The second-order valence-electron chi connectivity index (χ2n) is 4.63. The van der Waals surface area contributed by atoms with E-state index in [1.165, 1.54) is 38.8 Å². The van der Waals surface area contributed by atoms with Crippen molar-refractivity contribution < 1.29 is 4.74 Å². The Morgan fingerprint density at radius 1 is 1.53 bits per heavy atom. The van der Waals surface area contributed by atoms with Crippen LogP contribution in [-0.2, 0) is 4.74 Å². The Labute approximate surface area is 94.2 Å². The summed E-state index contributed by atoms with van der Waals surface area (Å²) in [6.07, 6.45) is 5.56. The van der Waals surface area contributed by atoms with Crippen LogP contribution in [0.4, 0.5) is 0 Å². The second kappa shape index (κ2) is 7.20. The molecule has 0 saturated carbocycles. The van der Waals surface area contributed by atoms with Crippen molar-refractivity contribution in [1.29, 1.82) is 0 Å². The van der Waals surface area contributed by atoms with Crippen LogP contribution in [0, 0.1) is 0 Å². The van der Waals surface area contributed by atoms with Crippen LogP contribution in [0.2, 0.25) is 0 Å². The molecule has 2 atom stereocenters. The number of methoxy groups -OCH3 is 1. The molecule has 3 heteroatoms. The lowest BCUT2D eigenvalue weighted by Crippen LogP contribution is -2.40. The average Bonchev–Trinajstić information content (AvgIpc) is 2.29. The number of nitrogens with one attached hydrogen (secondary N) is 1. The lowest BCUT2D eigenvalue weighted by molar-refractivity contribution is 0.0307. The first kappa shape index (κ1) is 12.9. The number of nitrogens with zero attached hydrogens (tertiary/aromatic N) is 1. The maximum absolute atomic E-state index is 5.42. The summed E-state index contributed by atoms with van der Waals surface area (Å²) in [6.45, 7) is 5.86. The molecule has 1 rings (SSSR count). The van der Waals surface area contributed by atoms with Gasteiger partial charge in [0.25, 0.3) is 0 Å². The number of ether oxygens (including phenoxy) is 1. The number of likely N-dealkylation sites (tertiary alicyclic amines) is 1. The highest BCUT2D eigenvalue weighted by Crippen LogP contribution is 2.13. The molecular formula is C12H26N2O. The van der Waals surface area contributed by atoms with Gasteiger partial charge < -0.3 is 15.0 Å². The predicted molar refractivity (Wildman–Crippen MR) is 64.2 cm³/mol. The molecule has 3 nitrogen and oxygen atoms in total. The maximum Gasteiger partial charge on any atom is 0.0698 e. The number of rotatable bonds is 6. The van der Waals surface area contributed by atoms with Crippen molar-refractivity contribution in [3.05, 3.63) is 0 Å². The van der Waals surface area contributed by atoms with Gasteiger partial charge in [-0.2, -0.15) is 0 Å². The van der Waals surface area contributed by atoms with Crippen LogP contribution in [0.25, 0.3) is 0 Å². The largest absolute Gasteiger partial charge is 0.380 e. The number of piperidine rings is 1. The molecule has 1 heterocycles. The van der Waals surface area contributed by atoms with Gasteiger partial charge in [0, 0.05) is 19.7 Å². The molecule has 1 aliphatic heterocycles. The van der Waals surface area contributed by atoms with Crippen LogP contribution in [-0.4, -0.2) is 50.8 Å². The molecule has 0 bridgehead atoms. The third-order valence-electron chi connectivity index (χ3n) is 3.40. The highest BCUT2D eigenvalue weighted by molar-refractivity contribution is 4.73. The van der Waals surface area contributed by atoms with E-state index in [1.807, 2.05) is 14.2 Å². The van der Waals surface area contributed by atoms with Crippen molar-refractivity contribution in [2.75, 3.05) is 33.8 Å². The topological polar surface area (TPSA) is 24.5 Å². The maximum atomic E-state index is 5.42. The smallest absolute Gasteiger partial charge is 0.0698 e. The first-order chi connectivity index (χ1) is 7.26. The van der Waals surface area contributed by atoms with Crippen molar-refractivity contribution in [2.24, 2.45) is 0 Å². The Kier molecular flexibility index (Phi) is 6.22. The molecule has 0 aromatic carbocycles. The standard InChI is InChI=1S/C12H26N2O/c1-11(13-2)6-4-8-14-9-5-7-12(10-14)15-3/h11-13H,4-10H2,1-3H3. The second-order valence-corrected chi connectivity index (χ2v) is 4.63. The van der Waals surface area contributed by atoms with Gasteiger partial charge in [0.2, 0.25) is 0 Å². The SMILES string of the molecule is CNC(C)CCCN1CCCC(OC)C1. The zero-order valence-electron chi connectivity index (χ0n) is 10.5. The van der Waals surface area contributed by atoms with Gasteiger partial charge in [0.1, 0.15) is 0 Å². The molecular weight excluding hydrogens is 188 g/mol. The summed E-state index contributed by atoms with van der Waals surface area (Å²) < 4.78 is 5.42. The van der Waals surface area contributed by atoms with E-state index in [2.05, 4.69) is 17.1 Å². The molecule has 90 valence electrons. The lowest BCUT2D eigenvalue weighted by Gasteiger charge is -2.32. The van der Waals surface area contributed by atoms with Crippen molar-refractivity contribution >= 4 is 0 Å². The van der Waals surface area contributed by atoms with Crippen LogP contribution in [0.1, 0.15) is 32.6 Å². The molecule has 1 saturated heterocycles. The number of hydrogen-bond donors (Lipinski definition) is 1. The molecule has 0 radical (unpaired) electrons. The molecule has 0 aliphatic carbocycles. The van der Waals surface area contributed by atoms with E-state index in [-0.39, 0.29) is 0 Å². The summed E-state index contributed by atoms with van der Waals surface area (Å²) in [4.78, 5) is 2.54. The Balaban J connectivity index is 2.10. The summed E-state index contributed by atoms with van der Waals surface area (Å²) in [6, 6.07) is 0.646. The highest BCUT2D eigenvalue weighted by Gasteiger charge is 2.18. The number of hydrogen-bond acceptors (Lipinski definition) is 3. The molecule has 0 spiro atoms. The summed E-state index contributed by atoms with van der Waals surface area (Å²) in [5.41, 5.74) is 0. The fourth-order valence-corrected chi connectivity index (χ4v) is 2.17. The lowest BCUT2D eigenvalue weighted by atomic mass is 10.1. The van der Waals surface area contributed by atoms with Gasteiger partial charge in [-0.25, -0.2) is 0 Å². The Morgan fingerprint density at radius 3 is 3.00 bits per heavy atom. The molecule has 0 aromatic heterocycles. The molecule has 15 heavy (non-hydrogen) atoms. The minimum absolute atomic E-state index is 0.473. The summed E-state index contributed by atoms with van der Waals surface area (Å²) in [5, 5.41) is 3.28. The third-order valence-corrected chi connectivity index (χ3v) is 3.40. The Bertz CT molecular complexity index is 164. The van der Waals surface area contributed by atoms with Gasteiger partial charge in [-0.05, 0) is 52.7 Å². The monoisotopic (exact) mass is 214 g/mol. The van der Waals surface area contributed by atoms with Crippen LogP contribution >= 0.6 is 0 Å². The van der Waals surface area contributed by atoms with Crippen molar-refractivity contribution in [3.8, 4) is 0 Å². The normalized spacial score (nSPS) is 25.4. The fraction of sp³-hybridized carbons (Fsp3) is 1.00. The van der Waals surface area contributed by atoms with Crippen molar-refractivity contribution in [2.45, 2.75) is 44.8 Å².